The van der Waals surface area contributed by atoms with Crippen molar-refractivity contribution < 1.29 is 9.59 Å². The standard InChI is InChI=1S/C19H33N5O2.ClH/c1-13(2)11-24-15(4)17(14(3)22-24)10-18(25)23-9-5-6-16(12-23)19(26)21-8-7-20;/h13,16H,5-12,20H2,1-4H3,(H,21,26);1H. The topological polar surface area (TPSA) is 93.2 Å². The highest BCUT2D eigenvalue weighted by Gasteiger charge is 2.29. The summed E-state index contributed by atoms with van der Waals surface area (Å²) in [7, 11) is 0. The predicted molar refractivity (Wildman–Crippen MR) is 109 cm³/mol. The van der Waals surface area contributed by atoms with Gasteiger partial charge in [-0.1, -0.05) is 13.8 Å². The molecule has 0 spiro atoms. The molecule has 2 heterocycles. The molecule has 0 radical (unpaired) electrons. The zero-order valence-corrected chi connectivity index (χ0v) is 17.8. The first-order valence-corrected chi connectivity index (χ1v) is 9.61. The van der Waals surface area contributed by atoms with Crippen LogP contribution in [-0.4, -0.2) is 52.7 Å². The fourth-order valence-corrected chi connectivity index (χ4v) is 3.53. The third kappa shape index (κ3) is 6.21. The summed E-state index contributed by atoms with van der Waals surface area (Å²) in [6.07, 6.45) is 2.04. The number of nitrogens with zero attached hydrogens (tertiary/aromatic N) is 3. The zero-order valence-electron chi connectivity index (χ0n) is 17.0. The number of carbonyl (C=O) groups excluding carboxylic acids is 2. The van der Waals surface area contributed by atoms with Crippen molar-refractivity contribution in [3.8, 4) is 0 Å². The van der Waals surface area contributed by atoms with Crippen LogP contribution in [0.15, 0.2) is 0 Å². The molecule has 3 N–H and O–H groups in total. The van der Waals surface area contributed by atoms with Crippen LogP contribution in [0, 0.1) is 25.7 Å². The minimum absolute atomic E-state index is 0. The van der Waals surface area contributed by atoms with E-state index >= 15 is 0 Å². The Balaban J connectivity index is 0.00000364. The molecule has 0 bridgehead atoms. The Labute approximate surface area is 168 Å². The molecular weight excluding hydrogens is 366 g/mol. The van der Waals surface area contributed by atoms with Gasteiger partial charge in [0, 0.05) is 44.0 Å². The average molecular weight is 400 g/mol. The van der Waals surface area contributed by atoms with Crippen LogP contribution in [-0.2, 0) is 22.6 Å². The molecule has 1 fully saturated rings. The van der Waals surface area contributed by atoms with Gasteiger partial charge in [0.15, 0.2) is 0 Å². The number of nitrogens with two attached hydrogens (primary N) is 1. The first-order chi connectivity index (χ1) is 12.3. The molecule has 0 saturated carbocycles. The number of amides is 2. The Hall–Kier alpha value is -1.60. The molecule has 1 aromatic heterocycles. The second kappa shape index (κ2) is 10.7. The van der Waals surface area contributed by atoms with Gasteiger partial charge in [-0.3, -0.25) is 14.3 Å². The van der Waals surface area contributed by atoms with E-state index in [1.807, 2.05) is 23.4 Å². The van der Waals surface area contributed by atoms with E-state index in [1.54, 1.807) is 0 Å². The van der Waals surface area contributed by atoms with Crippen molar-refractivity contribution in [1.29, 1.82) is 0 Å². The van der Waals surface area contributed by atoms with Crippen molar-refractivity contribution in [3.63, 3.8) is 0 Å². The van der Waals surface area contributed by atoms with Gasteiger partial charge in [-0.15, -0.1) is 12.4 Å². The molecule has 1 aliphatic rings. The van der Waals surface area contributed by atoms with Gasteiger partial charge in [-0.05, 0) is 32.6 Å². The van der Waals surface area contributed by atoms with Crippen LogP contribution in [0.25, 0.3) is 0 Å². The summed E-state index contributed by atoms with van der Waals surface area (Å²) in [6.45, 7) is 11.3. The maximum atomic E-state index is 12.8. The maximum absolute atomic E-state index is 12.8. The van der Waals surface area contributed by atoms with Crippen LogP contribution in [0.2, 0.25) is 0 Å². The minimum Gasteiger partial charge on any atom is -0.355 e. The monoisotopic (exact) mass is 399 g/mol. The SMILES string of the molecule is Cc1nn(CC(C)C)c(C)c1CC(=O)N1CCCC(C(=O)NCCN)C1.Cl. The van der Waals surface area contributed by atoms with Gasteiger partial charge < -0.3 is 16.0 Å². The number of aromatic nitrogens is 2. The highest BCUT2D eigenvalue weighted by Crippen LogP contribution is 2.20. The first-order valence-electron chi connectivity index (χ1n) is 9.61. The average Bonchev–Trinajstić information content (AvgIpc) is 2.86. The Morgan fingerprint density at radius 3 is 2.67 bits per heavy atom. The van der Waals surface area contributed by atoms with E-state index in [0.29, 0.717) is 32.0 Å². The molecule has 1 aliphatic heterocycles. The molecule has 154 valence electrons. The number of nitrogens with one attached hydrogen (secondary N) is 1. The molecule has 0 aromatic carbocycles. The third-order valence-electron chi connectivity index (χ3n) is 4.99. The van der Waals surface area contributed by atoms with Crippen LogP contribution in [0.3, 0.4) is 0 Å². The molecule has 1 saturated heterocycles. The van der Waals surface area contributed by atoms with E-state index in [0.717, 1.165) is 42.9 Å². The van der Waals surface area contributed by atoms with Crippen LogP contribution < -0.4 is 11.1 Å². The number of hydrogen-bond donors (Lipinski definition) is 2. The summed E-state index contributed by atoms with van der Waals surface area (Å²) in [5.41, 5.74) is 8.45. The molecule has 8 heteroatoms. The van der Waals surface area contributed by atoms with Crippen molar-refractivity contribution in [3.05, 3.63) is 17.0 Å². The fourth-order valence-electron chi connectivity index (χ4n) is 3.53. The largest absolute Gasteiger partial charge is 0.355 e. The maximum Gasteiger partial charge on any atom is 0.227 e. The molecule has 2 amide bonds. The van der Waals surface area contributed by atoms with Gasteiger partial charge in [-0.25, -0.2) is 0 Å². The van der Waals surface area contributed by atoms with Gasteiger partial charge >= 0.3 is 0 Å². The van der Waals surface area contributed by atoms with Gasteiger partial charge in [-0.2, -0.15) is 5.10 Å². The fraction of sp³-hybridized carbons (Fsp3) is 0.737. The lowest BCUT2D eigenvalue weighted by molar-refractivity contribution is -0.135. The summed E-state index contributed by atoms with van der Waals surface area (Å²) < 4.78 is 2.00. The summed E-state index contributed by atoms with van der Waals surface area (Å²) >= 11 is 0. The van der Waals surface area contributed by atoms with Crippen LogP contribution in [0.4, 0.5) is 0 Å². The lowest BCUT2D eigenvalue weighted by Crippen LogP contribution is -2.46. The quantitative estimate of drug-likeness (QED) is 0.725. The van der Waals surface area contributed by atoms with E-state index in [2.05, 4.69) is 24.3 Å². The van der Waals surface area contributed by atoms with E-state index < -0.39 is 0 Å². The number of halogens is 1. The molecule has 1 atom stereocenters. The highest BCUT2D eigenvalue weighted by atomic mass is 35.5. The molecule has 7 nitrogen and oxygen atoms in total. The van der Waals surface area contributed by atoms with Gasteiger partial charge in [0.05, 0.1) is 18.0 Å². The van der Waals surface area contributed by atoms with E-state index in [9.17, 15) is 9.59 Å². The number of aryl methyl sites for hydroxylation is 1. The minimum atomic E-state index is -0.134. The number of carbonyl (C=O) groups is 2. The van der Waals surface area contributed by atoms with Crippen LogP contribution in [0.1, 0.15) is 43.6 Å². The highest BCUT2D eigenvalue weighted by molar-refractivity contribution is 5.85. The zero-order chi connectivity index (χ0) is 19.3. The number of likely N-dealkylation sites (tertiary alicyclic amines) is 1. The normalized spacial score (nSPS) is 17.0. The van der Waals surface area contributed by atoms with E-state index in [4.69, 9.17) is 5.73 Å². The molecule has 1 aromatic rings. The Kier molecular flexibility index (Phi) is 9.26. The lowest BCUT2D eigenvalue weighted by atomic mass is 9.96. The van der Waals surface area contributed by atoms with E-state index in [1.165, 1.54) is 0 Å². The third-order valence-corrected chi connectivity index (χ3v) is 4.99. The van der Waals surface area contributed by atoms with Gasteiger partial charge in [0.25, 0.3) is 0 Å². The van der Waals surface area contributed by atoms with Gasteiger partial charge in [0.2, 0.25) is 11.8 Å². The summed E-state index contributed by atoms with van der Waals surface area (Å²) in [4.78, 5) is 26.8. The van der Waals surface area contributed by atoms with Crippen molar-refractivity contribution in [2.75, 3.05) is 26.2 Å². The molecule has 2 rings (SSSR count). The van der Waals surface area contributed by atoms with Crippen molar-refractivity contribution in [1.82, 2.24) is 20.0 Å². The molecule has 27 heavy (non-hydrogen) atoms. The number of rotatable bonds is 7. The summed E-state index contributed by atoms with van der Waals surface area (Å²) in [5, 5.41) is 7.43. The summed E-state index contributed by atoms with van der Waals surface area (Å²) in [5.74, 6) is 0.457. The van der Waals surface area contributed by atoms with Crippen LogP contribution >= 0.6 is 12.4 Å². The number of piperidine rings is 1. The Morgan fingerprint density at radius 1 is 1.33 bits per heavy atom. The Morgan fingerprint density at radius 2 is 2.04 bits per heavy atom. The molecule has 0 aliphatic carbocycles. The first kappa shape index (κ1) is 23.4. The second-order valence-corrected chi connectivity index (χ2v) is 7.66. The van der Waals surface area contributed by atoms with E-state index in [-0.39, 0.29) is 30.1 Å². The van der Waals surface area contributed by atoms with Crippen LogP contribution in [0.5, 0.6) is 0 Å². The lowest BCUT2D eigenvalue weighted by Gasteiger charge is -2.32. The Bertz CT molecular complexity index is 644. The smallest absolute Gasteiger partial charge is 0.227 e. The molecule has 1 unspecified atom stereocenters. The summed E-state index contributed by atoms with van der Waals surface area (Å²) in [6, 6.07) is 0. The van der Waals surface area contributed by atoms with Crippen molar-refractivity contribution in [2.24, 2.45) is 17.6 Å². The number of hydrogen-bond acceptors (Lipinski definition) is 4. The predicted octanol–water partition coefficient (Wildman–Crippen LogP) is 1.43. The van der Waals surface area contributed by atoms with Gasteiger partial charge in [0.1, 0.15) is 0 Å². The van der Waals surface area contributed by atoms with Crippen molar-refractivity contribution in [2.45, 2.75) is 53.5 Å². The molecular formula is C19H34ClN5O2. The van der Waals surface area contributed by atoms with Crippen molar-refractivity contribution >= 4 is 24.2 Å². The second-order valence-electron chi connectivity index (χ2n) is 7.66.